The second-order valence-electron chi connectivity index (χ2n) is 3.37. The van der Waals surface area contributed by atoms with E-state index in [4.69, 9.17) is 0 Å². The first kappa shape index (κ1) is 11.6. The monoisotopic (exact) mass is 209 g/mol. The molecule has 0 fully saturated rings. The van der Waals surface area contributed by atoms with Gasteiger partial charge in [-0.25, -0.2) is 0 Å². The Morgan fingerprint density at radius 1 is 1.36 bits per heavy atom. The van der Waals surface area contributed by atoms with Gasteiger partial charge in [0.15, 0.2) is 0 Å². The summed E-state index contributed by atoms with van der Waals surface area (Å²) in [5, 5.41) is 3.38. The molecule has 14 heavy (non-hydrogen) atoms. The molecule has 2 heteroatoms. The topological polar surface area (TPSA) is 12.0 Å². The number of hydrogen-bond acceptors (Lipinski definition) is 2. The molecule has 0 bridgehead atoms. The third kappa shape index (κ3) is 2.76. The van der Waals surface area contributed by atoms with Crippen LogP contribution in [0.4, 0.5) is 0 Å². The predicted octanol–water partition coefficient (Wildman–Crippen LogP) is 3.47. The average Bonchev–Trinajstić information content (AvgIpc) is 2.26. The zero-order valence-corrected chi connectivity index (χ0v) is 10.0. The van der Waals surface area contributed by atoms with Gasteiger partial charge in [-0.15, -0.1) is 11.8 Å². The fourth-order valence-corrected chi connectivity index (χ4v) is 2.36. The zero-order valence-electron chi connectivity index (χ0n) is 9.21. The fourth-order valence-electron chi connectivity index (χ4n) is 1.70. The Bertz CT molecular complexity index is 273. The average molecular weight is 209 g/mol. The molecule has 0 aliphatic rings. The number of hydrogen-bond donors (Lipinski definition) is 1. The van der Waals surface area contributed by atoms with E-state index in [9.17, 15) is 0 Å². The van der Waals surface area contributed by atoms with Crippen LogP contribution in [0.15, 0.2) is 29.2 Å². The number of nitrogens with one attached hydrogen (secondary N) is 1. The van der Waals surface area contributed by atoms with E-state index in [1.165, 1.54) is 23.3 Å². The second-order valence-corrected chi connectivity index (χ2v) is 4.22. The van der Waals surface area contributed by atoms with Crippen LogP contribution >= 0.6 is 11.8 Å². The van der Waals surface area contributed by atoms with Gasteiger partial charge in [0.05, 0.1) is 0 Å². The molecule has 1 aromatic carbocycles. The summed E-state index contributed by atoms with van der Waals surface area (Å²) in [6.07, 6.45) is 4.56. The second kappa shape index (κ2) is 6.10. The van der Waals surface area contributed by atoms with Crippen molar-refractivity contribution in [2.24, 2.45) is 0 Å². The lowest BCUT2D eigenvalue weighted by atomic mass is 10.0. The largest absolute Gasteiger partial charge is 0.313 e. The lowest BCUT2D eigenvalue weighted by Gasteiger charge is -2.18. The van der Waals surface area contributed by atoms with Crippen LogP contribution in [0.1, 0.15) is 31.4 Å². The van der Waals surface area contributed by atoms with Crippen LogP contribution in [0, 0.1) is 0 Å². The van der Waals surface area contributed by atoms with Crippen molar-refractivity contribution in [1.29, 1.82) is 0 Å². The minimum absolute atomic E-state index is 0.503. The maximum Gasteiger partial charge on any atom is 0.0328 e. The molecule has 1 aromatic rings. The summed E-state index contributed by atoms with van der Waals surface area (Å²) in [5.41, 5.74) is 1.43. The van der Waals surface area contributed by atoms with Gasteiger partial charge in [-0.1, -0.05) is 31.5 Å². The fraction of sp³-hybridized carbons (Fsp3) is 0.500. The standard InChI is InChI=1S/C12H19NS/c1-4-7-11(13-2)10-8-5-6-9-12(10)14-3/h5-6,8-9,11,13H,4,7H2,1-3H3. The molecule has 0 heterocycles. The van der Waals surface area contributed by atoms with Gasteiger partial charge in [-0.05, 0) is 31.4 Å². The van der Waals surface area contributed by atoms with Crippen LogP contribution in [-0.2, 0) is 0 Å². The Morgan fingerprint density at radius 2 is 2.07 bits per heavy atom. The number of thioether (sulfide) groups is 1. The smallest absolute Gasteiger partial charge is 0.0328 e. The first-order valence-electron chi connectivity index (χ1n) is 5.13. The number of rotatable bonds is 5. The van der Waals surface area contributed by atoms with E-state index in [1.54, 1.807) is 0 Å². The number of benzene rings is 1. The summed E-state index contributed by atoms with van der Waals surface area (Å²) in [7, 11) is 2.04. The van der Waals surface area contributed by atoms with Gasteiger partial charge >= 0.3 is 0 Å². The van der Waals surface area contributed by atoms with Crippen molar-refractivity contribution in [3.05, 3.63) is 29.8 Å². The van der Waals surface area contributed by atoms with Gasteiger partial charge in [0.1, 0.15) is 0 Å². The van der Waals surface area contributed by atoms with Crippen LogP contribution < -0.4 is 5.32 Å². The summed E-state index contributed by atoms with van der Waals surface area (Å²) in [4.78, 5) is 1.39. The Hall–Kier alpha value is -0.470. The molecule has 1 N–H and O–H groups in total. The SMILES string of the molecule is CCCC(NC)c1ccccc1SC. The van der Waals surface area contributed by atoms with Crippen LogP contribution in [0.25, 0.3) is 0 Å². The van der Waals surface area contributed by atoms with Gasteiger partial charge in [0, 0.05) is 10.9 Å². The van der Waals surface area contributed by atoms with Gasteiger partial charge < -0.3 is 5.32 Å². The van der Waals surface area contributed by atoms with Crippen LogP contribution in [-0.4, -0.2) is 13.3 Å². The molecular weight excluding hydrogens is 190 g/mol. The molecule has 78 valence electrons. The Labute approximate surface area is 91.3 Å². The van der Waals surface area contributed by atoms with Crippen LogP contribution in [0.5, 0.6) is 0 Å². The Morgan fingerprint density at radius 3 is 2.64 bits per heavy atom. The van der Waals surface area contributed by atoms with Crippen molar-refractivity contribution in [2.45, 2.75) is 30.7 Å². The molecule has 0 amide bonds. The molecule has 1 nitrogen and oxygen atoms in total. The highest BCUT2D eigenvalue weighted by Crippen LogP contribution is 2.27. The molecule has 1 atom stereocenters. The van der Waals surface area contributed by atoms with E-state index in [-0.39, 0.29) is 0 Å². The van der Waals surface area contributed by atoms with Gasteiger partial charge in [-0.2, -0.15) is 0 Å². The highest BCUT2D eigenvalue weighted by atomic mass is 32.2. The van der Waals surface area contributed by atoms with Crippen molar-refractivity contribution in [2.75, 3.05) is 13.3 Å². The van der Waals surface area contributed by atoms with Crippen molar-refractivity contribution < 1.29 is 0 Å². The van der Waals surface area contributed by atoms with Crippen molar-refractivity contribution in [3.63, 3.8) is 0 Å². The Kier molecular flexibility index (Phi) is 5.05. The molecule has 1 unspecified atom stereocenters. The third-order valence-corrected chi connectivity index (χ3v) is 3.25. The lowest BCUT2D eigenvalue weighted by molar-refractivity contribution is 0.534. The van der Waals surface area contributed by atoms with Gasteiger partial charge in [-0.3, -0.25) is 0 Å². The third-order valence-electron chi connectivity index (χ3n) is 2.44. The van der Waals surface area contributed by atoms with Crippen molar-refractivity contribution >= 4 is 11.8 Å². The molecule has 0 aliphatic carbocycles. The van der Waals surface area contributed by atoms with Crippen LogP contribution in [0.3, 0.4) is 0 Å². The molecule has 0 radical (unpaired) electrons. The molecule has 0 aromatic heterocycles. The summed E-state index contributed by atoms with van der Waals surface area (Å²) >= 11 is 1.82. The van der Waals surface area contributed by atoms with E-state index in [0.717, 1.165) is 0 Å². The van der Waals surface area contributed by atoms with Crippen LogP contribution in [0.2, 0.25) is 0 Å². The minimum Gasteiger partial charge on any atom is -0.313 e. The Balaban J connectivity index is 2.90. The van der Waals surface area contributed by atoms with E-state index in [0.29, 0.717) is 6.04 Å². The minimum atomic E-state index is 0.503. The summed E-state index contributed by atoms with van der Waals surface area (Å²) < 4.78 is 0. The summed E-state index contributed by atoms with van der Waals surface area (Å²) in [6, 6.07) is 9.15. The first-order chi connectivity index (χ1) is 6.83. The van der Waals surface area contributed by atoms with Crippen molar-refractivity contribution in [1.82, 2.24) is 5.32 Å². The van der Waals surface area contributed by atoms with E-state index in [1.807, 2.05) is 18.8 Å². The van der Waals surface area contributed by atoms with E-state index in [2.05, 4.69) is 42.8 Å². The molecular formula is C12H19NS. The van der Waals surface area contributed by atoms with E-state index >= 15 is 0 Å². The summed E-state index contributed by atoms with van der Waals surface area (Å²) in [6.45, 7) is 2.23. The first-order valence-corrected chi connectivity index (χ1v) is 6.36. The van der Waals surface area contributed by atoms with Crippen molar-refractivity contribution in [3.8, 4) is 0 Å². The lowest BCUT2D eigenvalue weighted by Crippen LogP contribution is -2.16. The highest BCUT2D eigenvalue weighted by Gasteiger charge is 2.10. The summed E-state index contributed by atoms with van der Waals surface area (Å²) in [5.74, 6) is 0. The molecule has 0 saturated heterocycles. The highest BCUT2D eigenvalue weighted by molar-refractivity contribution is 7.98. The van der Waals surface area contributed by atoms with E-state index < -0.39 is 0 Å². The maximum absolute atomic E-state index is 3.38. The quantitative estimate of drug-likeness (QED) is 0.745. The van der Waals surface area contributed by atoms with Gasteiger partial charge in [0.25, 0.3) is 0 Å². The molecule has 0 aliphatic heterocycles. The zero-order chi connectivity index (χ0) is 10.4. The molecule has 1 rings (SSSR count). The predicted molar refractivity (Wildman–Crippen MR) is 64.9 cm³/mol. The normalized spacial score (nSPS) is 12.8. The molecule has 0 spiro atoms. The molecule has 0 saturated carbocycles. The van der Waals surface area contributed by atoms with Gasteiger partial charge in [0.2, 0.25) is 0 Å². The maximum atomic E-state index is 3.38.